The lowest BCUT2D eigenvalue weighted by molar-refractivity contribution is -0.230. The Morgan fingerprint density at radius 2 is 1.89 bits per heavy atom. The molecule has 1 atom stereocenters. The van der Waals surface area contributed by atoms with E-state index in [2.05, 4.69) is 0 Å². The van der Waals surface area contributed by atoms with Crippen LogP contribution in [-0.4, -0.2) is 35.9 Å². The fraction of sp³-hybridized carbons (Fsp3) is 0.538. The van der Waals surface area contributed by atoms with E-state index < -0.39 is 18.2 Å². The standard InChI is InChI=1S/C13H16F3NO/c14-13(15,16)12(10-18)6-7-17(9-12)8-11-4-2-1-3-5-11/h1-5,18H,6-10H2. The van der Waals surface area contributed by atoms with Crippen LogP contribution in [0.2, 0.25) is 0 Å². The van der Waals surface area contributed by atoms with Crippen molar-refractivity contribution in [3.05, 3.63) is 35.9 Å². The Labute approximate surface area is 104 Å². The van der Waals surface area contributed by atoms with Crippen LogP contribution in [0.4, 0.5) is 13.2 Å². The quantitative estimate of drug-likeness (QED) is 0.901. The number of halogens is 3. The second-order valence-corrected chi connectivity index (χ2v) is 4.88. The lowest BCUT2D eigenvalue weighted by atomic mass is 9.87. The van der Waals surface area contributed by atoms with Crippen molar-refractivity contribution in [1.82, 2.24) is 4.90 Å². The van der Waals surface area contributed by atoms with Gasteiger partial charge in [0.1, 0.15) is 5.41 Å². The van der Waals surface area contributed by atoms with Gasteiger partial charge in [-0.1, -0.05) is 30.3 Å². The van der Waals surface area contributed by atoms with Gasteiger partial charge in [0.25, 0.3) is 0 Å². The summed E-state index contributed by atoms with van der Waals surface area (Å²) in [4.78, 5) is 1.75. The van der Waals surface area contributed by atoms with Crippen molar-refractivity contribution in [2.75, 3.05) is 19.7 Å². The smallest absolute Gasteiger partial charge is 0.395 e. The Balaban J connectivity index is 2.04. The summed E-state index contributed by atoms with van der Waals surface area (Å²) in [5.74, 6) is 0. The Bertz CT molecular complexity index is 393. The molecule has 0 amide bonds. The average molecular weight is 259 g/mol. The highest BCUT2D eigenvalue weighted by molar-refractivity contribution is 5.15. The molecule has 18 heavy (non-hydrogen) atoms. The first kappa shape index (κ1) is 13.4. The van der Waals surface area contributed by atoms with Crippen LogP contribution in [0.25, 0.3) is 0 Å². The van der Waals surface area contributed by atoms with Crippen molar-refractivity contribution >= 4 is 0 Å². The van der Waals surface area contributed by atoms with Crippen molar-refractivity contribution in [3.63, 3.8) is 0 Å². The van der Waals surface area contributed by atoms with Gasteiger partial charge in [0, 0.05) is 13.1 Å². The summed E-state index contributed by atoms with van der Waals surface area (Å²) in [6.45, 7) is -0.0860. The van der Waals surface area contributed by atoms with Gasteiger partial charge in [0.15, 0.2) is 0 Å². The first-order valence-corrected chi connectivity index (χ1v) is 5.91. The largest absolute Gasteiger partial charge is 0.397 e. The fourth-order valence-electron chi connectivity index (χ4n) is 2.38. The van der Waals surface area contributed by atoms with Gasteiger partial charge in [0.05, 0.1) is 6.61 Å². The second kappa shape index (κ2) is 4.90. The highest BCUT2D eigenvalue weighted by Gasteiger charge is 2.57. The maximum atomic E-state index is 12.9. The minimum absolute atomic E-state index is 0.0279. The normalized spacial score (nSPS) is 25.6. The van der Waals surface area contributed by atoms with Crippen LogP contribution in [0.5, 0.6) is 0 Å². The number of hydrogen-bond acceptors (Lipinski definition) is 2. The Kier molecular flexibility index (Phi) is 3.64. The van der Waals surface area contributed by atoms with Gasteiger partial charge in [0.2, 0.25) is 0 Å². The van der Waals surface area contributed by atoms with Gasteiger partial charge in [-0.05, 0) is 18.5 Å². The zero-order chi connectivity index (χ0) is 13.2. The van der Waals surface area contributed by atoms with E-state index in [0.29, 0.717) is 13.1 Å². The minimum Gasteiger partial charge on any atom is -0.395 e. The summed E-state index contributed by atoms with van der Waals surface area (Å²) >= 11 is 0. The number of rotatable bonds is 3. The van der Waals surface area contributed by atoms with E-state index in [1.165, 1.54) is 0 Å². The molecule has 1 aromatic rings. The van der Waals surface area contributed by atoms with Crippen LogP contribution in [0.1, 0.15) is 12.0 Å². The molecule has 1 heterocycles. The number of likely N-dealkylation sites (tertiary alicyclic amines) is 1. The number of nitrogens with zero attached hydrogens (tertiary/aromatic N) is 1. The molecule has 0 aromatic heterocycles. The van der Waals surface area contributed by atoms with E-state index in [9.17, 15) is 13.2 Å². The van der Waals surface area contributed by atoms with E-state index >= 15 is 0 Å². The highest BCUT2D eigenvalue weighted by Crippen LogP contribution is 2.45. The first-order chi connectivity index (χ1) is 8.47. The third-order valence-corrected chi connectivity index (χ3v) is 3.59. The third-order valence-electron chi connectivity index (χ3n) is 3.59. The summed E-state index contributed by atoms with van der Waals surface area (Å²) in [5, 5.41) is 9.09. The van der Waals surface area contributed by atoms with E-state index in [1.54, 1.807) is 4.90 Å². The van der Waals surface area contributed by atoms with Gasteiger partial charge in [-0.25, -0.2) is 0 Å². The monoisotopic (exact) mass is 259 g/mol. The molecule has 1 saturated heterocycles. The third kappa shape index (κ3) is 2.52. The van der Waals surface area contributed by atoms with Gasteiger partial charge in [-0.3, -0.25) is 4.90 Å². The second-order valence-electron chi connectivity index (χ2n) is 4.88. The molecule has 2 nitrogen and oxygen atoms in total. The molecule has 0 aliphatic carbocycles. The lowest BCUT2D eigenvalue weighted by Crippen LogP contribution is -2.43. The molecule has 1 aliphatic heterocycles. The molecule has 1 aromatic carbocycles. The number of alkyl halides is 3. The molecule has 0 spiro atoms. The molecule has 100 valence electrons. The molecule has 0 saturated carbocycles. The fourth-order valence-corrected chi connectivity index (χ4v) is 2.38. The van der Waals surface area contributed by atoms with Crippen LogP contribution in [-0.2, 0) is 6.54 Å². The maximum Gasteiger partial charge on any atom is 0.397 e. The molecule has 2 rings (SSSR count). The lowest BCUT2D eigenvalue weighted by Gasteiger charge is -2.29. The summed E-state index contributed by atoms with van der Waals surface area (Å²) in [5.41, 5.74) is -0.949. The number of benzene rings is 1. The maximum absolute atomic E-state index is 12.9. The first-order valence-electron chi connectivity index (χ1n) is 5.91. The van der Waals surface area contributed by atoms with Gasteiger partial charge in [-0.2, -0.15) is 13.2 Å². The zero-order valence-corrected chi connectivity index (χ0v) is 9.95. The molecule has 1 N–H and O–H groups in total. The molecule has 0 bridgehead atoms. The average Bonchev–Trinajstić information content (AvgIpc) is 2.74. The summed E-state index contributed by atoms with van der Waals surface area (Å²) in [6.07, 6.45) is -4.37. The summed E-state index contributed by atoms with van der Waals surface area (Å²) < 4.78 is 38.8. The van der Waals surface area contributed by atoms with Crippen LogP contribution < -0.4 is 0 Å². The van der Waals surface area contributed by atoms with E-state index in [1.807, 2.05) is 30.3 Å². The molecule has 5 heteroatoms. The van der Waals surface area contributed by atoms with Crippen LogP contribution in [0.15, 0.2) is 30.3 Å². The van der Waals surface area contributed by atoms with Crippen molar-refractivity contribution in [2.24, 2.45) is 5.41 Å². The predicted octanol–water partition coefficient (Wildman–Crippen LogP) is 2.43. The van der Waals surface area contributed by atoms with E-state index in [-0.39, 0.29) is 13.0 Å². The van der Waals surface area contributed by atoms with Gasteiger partial charge in [-0.15, -0.1) is 0 Å². The van der Waals surface area contributed by atoms with Crippen molar-refractivity contribution in [2.45, 2.75) is 19.1 Å². The highest BCUT2D eigenvalue weighted by atomic mass is 19.4. The SMILES string of the molecule is OCC1(C(F)(F)F)CCN(Cc2ccccc2)C1. The molecule has 1 fully saturated rings. The molecular weight excluding hydrogens is 243 g/mol. The van der Waals surface area contributed by atoms with Gasteiger partial charge < -0.3 is 5.11 Å². The van der Waals surface area contributed by atoms with Crippen LogP contribution in [0.3, 0.4) is 0 Å². The topological polar surface area (TPSA) is 23.5 Å². The molecule has 1 aliphatic rings. The molecular formula is C13H16F3NO. The number of aliphatic hydroxyl groups excluding tert-OH is 1. The van der Waals surface area contributed by atoms with Crippen LogP contribution in [0, 0.1) is 5.41 Å². The predicted molar refractivity (Wildman–Crippen MR) is 61.9 cm³/mol. The van der Waals surface area contributed by atoms with Crippen LogP contribution >= 0.6 is 0 Å². The summed E-state index contributed by atoms with van der Waals surface area (Å²) in [7, 11) is 0. The Hall–Kier alpha value is -1.07. The number of hydrogen-bond donors (Lipinski definition) is 1. The van der Waals surface area contributed by atoms with E-state index in [0.717, 1.165) is 5.56 Å². The Morgan fingerprint density at radius 3 is 2.39 bits per heavy atom. The zero-order valence-electron chi connectivity index (χ0n) is 9.95. The minimum atomic E-state index is -4.34. The van der Waals surface area contributed by atoms with E-state index in [4.69, 9.17) is 5.11 Å². The molecule has 1 unspecified atom stereocenters. The summed E-state index contributed by atoms with van der Waals surface area (Å²) in [6, 6.07) is 9.41. The van der Waals surface area contributed by atoms with Crippen molar-refractivity contribution in [1.29, 1.82) is 0 Å². The Morgan fingerprint density at radius 1 is 1.22 bits per heavy atom. The number of aliphatic hydroxyl groups is 1. The molecule has 0 radical (unpaired) electrons. The van der Waals surface area contributed by atoms with Crippen molar-refractivity contribution in [3.8, 4) is 0 Å². The van der Waals surface area contributed by atoms with Crippen molar-refractivity contribution < 1.29 is 18.3 Å². The van der Waals surface area contributed by atoms with Gasteiger partial charge >= 0.3 is 6.18 Å².